The van der Waals surface area contributed by atoms with Crippen LogP contribution >= 0.6 is 0 Å². The third kappa shape index (κ3) is 4.87. The third-order valence-corrected chi connectivity index (χ3v) is 4.53. The van der Waals surface area contributed by atoms with Gasteiger partial charge in [0, 0.05) is 25.7 Å². The van der Waals surface area contributed by atoms with E-state index in [9.17, 15) is 22.8 Å². The number of aromatic nitrogens is 2. The number of nitrogens with one attached hydrogen (secondary N) is 2. The van der Waals surface area contributed by atoms with Gasteiger partial charge in [0.05, 0.1) is 23.4 Å². The first-order valence-electron chi connectivity index (χ1n) is 8.56. The van der Waals surface area contributed by atoms with Crippen molar-refractivity contribution in [1.29, 1.82) is 0 Å². The molecule has 9 heteroatoms. The van der Waals surface area contributed by atoms with E-state index in [2.05, 4.69) is 15.5 Å². The first kappa shape index (κ1) is 18.9. The number of H-pyrrole nitrogens is 1. The lowest BCUT2D eigenvalue weighted by atomic mass is 9.96. The predicted octanol–water partition coefficient (Wildman–Crippen LogP) is 2.32. The molecule has 1 aromatic heterocycles. The Balaban J connectivity index is 1.60. The number of alkyl halides is 3. The van der Waals surface area contributed by atoms with E-state index in [1.54, 1.807) is 6.07 Å². The van der Waals surface area contributed by atoms with Crippen molar-refractivity contribution in [1.82, 2.24) is 15.5 Å². The summed E-state index contributed by atoms with van der Waals surface area (Å²) in [4.78, 5) is 25.8. The summed E-state index contributed by atoms with van der Waals surface area (Å²) in [6.07, 6.45) is -1.42. The molecule has 0 aliphatic carbocycles. The molecule has 27 heavy (non-hydrogen) atoms. The van der Waals surface area contributed by atoms with E-state index < -0.39 is 11.7 Å². The largest absolute Gasteiger partial charge is 0.416 e. The van der Waals surface area contributed by atoms with Crippen LogP contribution in [0.15, 0.2) is 41.3 Å². The Morgan fingerprint density at radius 3 is 2.89 bits per heavy atom. The molecule has 3 rings (SSSR count). The molecule has 0 spiro atoms. The van der Waals surface area contributed by atoms with Crippen LogP contribution in [0, 0.1) is 5.92 Å². The van der Waals surface area contributed by atoms with Gasteiger partial charge in [-0.25, -0.2) is 5.10 Å². The highest BCUT2D eigenvalue weighted by Crippen LogP contribution is 2.29. The van der Waals surface area contributed by atoms with Crippen molar-refractivity contribution >= 4 is 11.6 Å². The fourth-order valence-electron chi connectivity index (χ4n) is 3.16. The molecule has 2 aromatic rings. The van der Waals surface area contributed by atoms with Crippen molar-refractivity contribution in [2.75, 3.05) is 18.0 Å². The van der Waals surface area contributed by atoms with Crippen LogP contribution in [0.4, 0.5) is 18.9 Å². The lowest BCUT2D eigenvalue weighted by Gasteiger charge is -2.33. The Morgan fingerprint density at radius 1 is 1.33 bits per heavy atom. The summed E-state index contributed by atoms with van der Waals surface area (Å²) in [7, 11) is 0. The Labute approximate surface area is 153 Å². The molecule has 144 valence electrons. The molecule has 0 bridgehead atoms. The highest BCUT2D eigenvalue weighted by molar-refractivity contribution is 5.79. The smallest absolute Gasteiger partial charge is 0.369 e. The number of benzene rings is 1. The molecule has 1 aliphatic rings. The SMILES string of the molecule is O=C(NCc1cccc(C(F)(F)F)c1)[C@@H]1CCCN(c2cn[nH]c(=O)c2)C1. The number of rotatable bonds is 4. The predicted molar refractivity (Wildman–Crippen MR) is 93.1 cm³/mol. The summed E-state index contributed by atoms with van der Waals surface area (Å²) in [5, 5.41) is 8.78. The summed E-state index contributed by atoms with van der Waals surface area (Å²) < 4.78 is 38.3. The Morgan fingerprint density at radius 2 is 2.15 bits per heavy atom. The molecule has 2 N–H and O–H groups in total. The van der Waals surface area contributed by atoms with Crippen LogP contribution in [0.5, 0.6) is 0 Å². The van der Waals surface area contributed by atoms with Gasteiger partial charge in [0.15, 0.2) is 0 Å². The standard InChI is InChI=1S/C18H19F3N4O2/c19-18(20,21)14-5-1-3-12(7-14)9-22-17(27)13-4-2-6-25(11-13)15-8-16(26)24-23-10-15/h1,3,5,7-8,10,13H,2,4,6,9,11H2,(H,22,27)(H,24,26)/t13-/m1/s1. The average molecular weight is 380 g/mol. The summed E-state index contributed by atoms with van der Waals surface area (Å²) in [6.45, 7) is 1.17. The third-order valence-electron chi connectivity index (χ3n) is 4.53. The normalized spacial score (nSPS) is 17.6. The molecule has 1 amide bonds. The topological polar surface area (TPSA) is 78.1 Å². The highest BCUT2D eigenvalue weighted by Gasteiger charge is 2.30. The van der Waals surface area contributed by atoms with E-state index >= 15 is 0 Å². The van der Waals surface area contributed by atoms with Gasteiger partial charge >= 0.3 is 6.18 Å². The van der Waals surface area contributed by atoms with Crippen molar-refractivity contribution in [3.8, 4) is 0 Å². The fraction of sp³-hybridized carbons (Fsp3) is 0.389. The minimum atomic E-state index is -4.41. The lowest BCUT2D eigenvalue weighted by molar-refractivity contribution is -0.137. The fourth-order valence-corrected chi connectivity index (χ4v) is 3.16. The zero-order valence-electron chi connectivity index (χ0n) is 14.4. The number of hydrogen-bond donors (Lipinski definition) is 2. The Kier molecular flexibility index (Phi) is 5.48. The molecule has 1 saturated heterocycles. The number of carbonyl (C=O) groups is 1. The highest BCUT2D eigenvalue weighted by atomic mass is 19.4. The number of anilines is 1. The molecule has 1 atom stereocenters. The molecule has 1 aromatic carbocycles. The zero-order chi connectivity index (χ0) is 19.4. The van der Waals surface area contributed by atoms with Gasteiger partial charge in [-0.05, 0) is 30.5 Å². The van der Waals surface area contributed by atoms with Crippen molar-refractivity contribution < 1.29 is 18.0 Å². The van der Waals surface area contributed by atoms with Crippen molar-refractivity contribution in [3.63, 3.8) is 0 Å². The van der Waals surface area contributed by atoms with Gasteiger partial charge in [-0.3, -0.25) is 9.59 Å². The van der Waals surface area contributed by atoms with Crippen LogP contribution < -0.4 is 15.8 Å². The molecule has 0 saturated carbocycles. The molecule has 0 unspecified atom stereocenters. The first-order valence-corrected chi connectivity index (χ1v) is 8.56. The van der Waals surface area contributed by atoms with E-state index in [1.165, 1.54) is 18.3 Å². The minimum absolute atomic E-state index is 0.0335. The van der Waals surface area contributed by atoms with Crippen LogP contribution in [0.3, 0.4) is 0 Å². The molecular formula is C18H19F3N4O2. The summed E-state index contributed by atoms with van der Waals surface area (Å²) in [5.74, 6) is -0.515. The quantitative estimate of drug-likeness (QED) is 0.853. The van der Waals surface area contributed by atoms with Gasteiger partial charge in [-0.1, -0.05) is 12.1 Å². The number of carbonyl (C=O) groups excluding carboxylic acids is 1. The van der Waals surface area contributed by atoms with Crippen molar-refractivity contribution in [3.05, 3.63) is 58.0 Å². The number of halogens is 3. The molecule has 2 heterocycles. The second-order valence-corrected chi connectivity index (χ2v) is 6.50. The summed E-state index contributed by atoms with van der Waals surface area (Å²) >= 11 is 0. The van der Waals surface area contributed by atoms with Crippen LogP contribution in [-0.4, -0.2) is 29.2 Å². The first-order chi connectivity index (χ1) is 12.8. The van der Waals surface area contributed by atoms with Gasteiger partial charge in [0.2, 0.25) is 5.91 Å². The maximum atomic E-state index is 12.8. The lowest BCUT2D eigenvalue weighted by Crippen LogP contribution is -2.43. The van der Waals surface area contributed by atoms with E-state index in [-0.39, 0.29) is 23.9 Å². The second-order valence-electron chi connectivity index (χ2n) is 6.50. The van der Waals surface area contributed by atoms with Gasteiger partial charge in [0.1, 0.15) is 0 Å². The molecule has 0 radical (unpaired) electrons. The van der Waals surface area contributed by atoms with E-state index in [0.29, 0.717) is 30.8 Å². The molecule has 6 nitrogen and oxygen atoms in total. The van der Waals surface area contributed by atoms with Gasteiger partial charge < -0.3 is 10.2 Å². The summed E-state index contributed by atoms with van der Waals surface area (Å²) in [5.41, 5.74) is -0.0118. The van der Waals surface area contributed by atoms with E-state index in [1.807, 2.05) is 4.90 Å². The Bertz CT molecular complexity index is 866. The zero-order valence-corrected chi connectivity index (χ0v) is 14.4. The van der Waals surface area contributed by atoms with E-state index in [0.717, 1.165) is 18.6 Å². The van der Waals surface area contributed by atoms with E-state index in [4.69, 9.17) is 0 Å². The van der Waals surface area contributed by atoms with Crippen molar-refractivity contribution in [2.24, 2.45) is 5.92 Å². The van der Waals surface area contributed by atoms with Crippen LogP contribution in [0.25, 0.3) is 0 Å². The number of amides is 1. The van der Waals surface area contributed by atoms with Crippen LogP contribution in [-0.2, 0) is 17.5 Å². The van der Waals surface area contributed by atoms with Gasteiger partial charge in [-0.2, -0.15) is 18.3 Å². The van der Waals surface area contributed by atoms with Crippen LogP contribution in [0.2, 0.25) is 0 Å². The number of hydrogen-bond acceptors (Lipinski definition) is 4. The monoisotopic (exact) mass is 380 g/mol. The number of aromatic amines is 1. The number of piperidine rings is 1. The molecule has 1 aliphatic heterocycles. The van der Waals surface area contributed by atoms with Gasteiger partial charge in [-0.15, -0.1) is 0 Å². The maximum Gasteiger partial charge on any atom is 0.416 e. The minimum Gasteiger partial charge on any atom is -0.369 e. The van der Waals surface area contributed by atoms with Crippen LogP contribution in [0.1, 0.15) is 24.0 Å². The average Bonchev–Trinajstić information content (AvgIpc) is 2.66. The van der Waals surface area contributed by atoms with Gasteiger partial charge in [0.25, 0.3) is 5.56 Å². The Hall–Kier alpha value is -2.84. The molecular weight excluding hydrogens is 361 g/mol. The maximum absolute atomic E-state index is 12.8. The van der Waals surface area contributed by atoms with Crippen molar-refractivity contribution in [2.45, 2.75) is 25.6 Å². The number of nitrogens with zero attached hydrogens (tertiary/aromatic N) is 2. The molecule has 1 fully saturated rings. The summed E-state index contributed by atoms with van der Waals surface area (Å²) in [6, 6.07) is 6.34. The second kappa shape index (κ2) is 7.81.